The molecule has 1 unspecified atom stereocenters. The maximum atomic E-state index is 13.2. The SMILES string of the molecule is CCOC(=O)Cc1ccc(N2C(=O)C(=O)/C(=C(\O)c3ccc(OC)c(Cl)c3)C2c2ccccn2)cc1. The van der Waals surface area contributed by atoms with Gasteiger partial charge in [0.15, 0.2) is 0 Å². The number of carbonyl (C=O) groups excluding carboxylic acids is 3. The van der Waals surface area contributed by atoms with Crippen LogP contribution in [0.25, 0.3) is 5.76 Å². The van der Waals surface area contributed by atoms with Gasteiger partial charge in [-0.15, -0.1) is 0 Å². The van der Waals surface area contributed by atoms with Crippen molar-refractivity contribution in [1.82, 2.24) is 4.98 Å². The van der Waals surface area contributed by atoms with Crippen molar-refractivity contribution in [2.75, 3.05) is 18.6 Å². The molecule has 1 aliphatic heterocycles. The van der Waals surface area contributed by atoms with Crippen molar-refractivity contribution in [2.24, 2.45) is 0 Å². The van der Waals surface area contributed by atoms with Crippen molar-refractivity contribution >= 4 is 40.7 Å². The first-order chi connectivity index (χ1) is 17.3. The smallest absolute Gasteiger partial charge is 0.310 e. The molecule has 1 saturated heterocycles. The van der Waals surface area contributed by atoms with Crippen LogP contribution in [-0.2, 0) is 25.5 Å². The lowest BCUT2D eigenvalue weighted by Gasteiger charge is -2.24. The van der Waals surface area contributed by atoms with E-state index in [9.17, 15) is 19.5 Å². The Morgan fingerprint density at radius 2 is 1.86 bits per heavy atom. The number of halogens is 1. The number of amides is 1. The molecule has 8 nitrogen and oxygen atoms in total. The Morgan fingerprint density at radius 3 is 2.47 bits per heavy atom. The number of esters is 1. The van der Waals surface area contributed by atoms with Gasteiger partial charge < -0.3 is 14.6 Å². The van der Waals surface area contributed by atoms with Crippen LogP contribution in [0.1, 0.15) is 29.8 Å². The van der Waals surface area contributed by atoms with Gasteiger partial charge in [-0.25, -0.2) is 0 Å². The Kier molecular flexibility index (Phi) is 7.36. The summed E-state index contributed by atoms with van der Waals surface area (Å²) in [6.45, 7) is 2.01. The van der Waals surface area contributed by atoms with E-state index >= 15 is 0 Å². The molecule has 0 saturated carbocycles. The topological polar surface area (TPSA) is 106 Å². The van der Waals surface area contributed by atoms with Crippen LogP contribution in [0.15, 0.2) is 72.4 Å². The maximum Gasteiger partial charge on any atom is 0.310 e. The number of pyridine rings is 1. The molecule has 3 aromatic rings. The van der Waals surface area contributed by atoms with Crippen molar-refractivity contribution in [3.63, 3.8) is 0 Å². The summed E-state index contributed by atoms with van der Waals surface area (Å²) in [5, 5.41) is 11.4. The van der Waals surface area contributed by atoms with E-state index < -0.39 is 17.7 Å². The predicted molar refractivity (Wildman–Crippen MR) is 134 cm³/mol. The second-order valence-corrected chi connectivity index (χ2v) is 8.33. The van der Waals surface area contributed by atoms with Crippen LogP contribution in [0.4, 0.5) is 5.69 Å². The molecule has 1 aromatic heterocycles. The number of nitrogens with zero attached hydrogens (tertiary/aromatic N) is 2. The van der Waals surface area contributed by atoms with Crippen molar-refractivity contribution in [2.45, 2.75) is 19.4 Å². The van der Waals surface area contributed by atoms with E-state index in [0.717, 1.165) is 0 Å². The highest BCUT2D eigenvalue weighted by Crippen LogP contribution is 2.42. The molecule has 1 fully saturated rings. The van der Waals surface area contributed by atoms with Crippen molar-refractivity contribution in [1.29, 1.82) is 0 Å². The van der Waals surface area contributed by atoms with Gasteiger partial charge in [0.05, 0.1) is 36.4 Å². The molecule has 36 heavy (non-hydrogen) atoms. The number of aromatic nitrogens is 1. The summed E-state index contributed by atoms with van der Waals surface area (Å²) in [7, 11) is 1.46. The van der Waals surface area contributed by atoms with Gasteiger partial charge in [-0.3, -0.25) is 24.3 Å². The van der Waals surface area contributed by atoms with Crippen molar-refractivity contribution in [3.05, 3.63) is 94.3 Å². The van der Waals surface area contributed by atoms with Gasteiger partial charge >= 0.3 is 5.97 Å². The van der Waals surface area contributed by atoms with Crippen LogP contribution in [0, 0.1) is 0 Å². The van der Waals surface area contributed by atoms with E-state index in [0.29, 0.717) is 22.7 Å². The van der Waals surface area contributed by atoms with Gasteiger partial charge in [-0.05, 0) is 55.0 Å². The average molecular weight is 507 g/mol. The Hall–Kier alpha value is -4.17. The van der Waals surface area contributed by atoms with Crippen LogP contribution >= 0.6 is 11.6 Å². The molecule has 0 aliphatic carbocycles. The molecule has 1 amide bonds. The molecule has 0 radical (unpaired) electrons. The van der Waals surface area contributed by atoms with Gasteiger partial charge in [0.25, 0.3) is 11.7 Å². The van der Waals surface area contributed by atoms with E-state index in [1.165, 1.54) is 18.1 Å². The van der Waals surface area contributed by atoms with Crippen molar-refractivity contribution < 1.29 is 29.0 Å². The number of aliphatic hydroxyl groups excluding tert-OH is 1. The van der Waals surface area contributed by atoms with Gasteiger partial charge in [0.1, 0.15) is 17.6 Å². The summed E-state index contributed by atoms with van der Waals surface area (Å²) in [5.41, 5.74) is 1.64. The average Bonchev–Trinajstić information content (AvgIpc) is 3.15. The fourth-order valence-electron chi connectivity index (χ4n) is 4.04. The molecule has 9 heteroatoms. The number of hydrogen-bond donors (Lipinski definition) is 1. The first-order valence-electron chi connectivity index (χ1n) is 11.2. The highest BCUT2D eigenvalue weighted by molar-refractivity contribution is 6.51. The Labute approximate surface area is 212 Å². The standard InChI is InChI=1S/C27H23ClN2O6/c1-3-36-22(31)14-16-7-10-18(11-8-16)30-24(20-6-4-5-13-29-20)23(26(33)27(30)34)25(32)17-9-12-21(35-2)19(28)15-17/h4-13,15,24,32H,3,14H2,1-2H3/b25-23-. The summed E-state index contributed by atoms with van der Waals surface area (Å²) in [6.07, 6.45) is 1.62. The lowest BCUT2D eigenvalue weighted by atomic mass is 9.98. The van der Waals surface area contributed by atoms with Crippen LogP contribution in [0.3, 0.4) is 0 Å². The van der Waals surface area contributed by atoms with E-state index in [1.807, 2.05) is 0 Å². The third-order valence-corrected chi connectivity index (χ3v) is 6.00. The second-order valence-electron chi connectivity index (χ2n) is 7.92. The first kappa shape index (κ1) is 24.9. The van der Waals surface area contributed by atoms with Crippen LogP contribution in [0.2, 0.25) is 5.02 Å². The molecule has 0 bridgehead atoms. The van der Waals surface area contributed by atoms with E-state index in [-0.39, 0.29) is 40.9 Å². The minimum absolute atomic E-state index is 0.0782. The summed E-state index contributed by atoms with van der Waals surface area (Å²) in [6, 6.07) is 15.4. The van der Waals surface area contributed by atoms with Gasteiger partial charge in [0.2, 0.25) is 0 Å². The number of ketones is 1. The Morgan fingerprint density at radius 1 is 1.11 bits per heavy atom. The van der Waals surface area contributed by atoms with Gasteiger partial charge in [-0.2, -0.15) is 0 Å². The fourth-order valence-corrected chi connectivity index (χ4v) is 4.30. The second kappa shape index (κ2) is 10.6. The predicted octanol–water partition coefficient (Wildman–Crippen LogP) is 4.48. The van der Waals surface area contributed by atoms with Crippen molar-refractivity contribution in [3.8, 4) is 5.75 Å². The number of benzene rings is 2. The molecular formula is C27H23ClN2O6. The lowest BCUT2D eigenvalue weighted by Crippen LogP contribution is -2.29. The van der Waals surface area contributed by atoms with Crippen LogP contribution in [0.5, 0.6) is 5.75 Å². The monoisotopic (exact) mass is 506 g/mol. The summed E-state index contributed by atoms with van der Waals surface area (Å²) >= 11 is 6.23. The van der Waals surface area contributed by atoms with E-state index in [2.05, 4.69) is 4.98 Å². The molecule has 0 spiro atoms. The number of carbonyl (C=O) groups is 3. The molecule has 4 rings (SSSR count). The number of rotatable bonds is 7. The maximum absolute atomic E-state index is 13.2. The number of Topliss-reactive ketones (excluding diaryl/α,β-unsaturated/α-hetero) is 1. The van der Waals surface area contributed by atoms with Crippen LogP contribution < -0.4 is 9.64 Å². The van der Waals surface area contributed by atoms with Crippen LogP contribution in [-0.4, -0.2) is 41.5 Å². The zero-order valence-corrected chi connectivity index (χ0v) is 20.4. The quantitative estimate of drug-likeness (QED) is 0.218. The number of anilines is 1. The first-order valence-corrected chi connectivity index (χ1v) is 11.5. The summed E-state index contributed by atoms with van der Waals surface area (Å²) in [4.78, 5) is 43.9. The molecule has 184 valence electrons. The molecular weight excluding hydrogens is 484 g/mol. The number of hydrogen-bond acceptors (Lipinski definition) is 7. The van der Waals surface area contributed by atoms with E-state index in [4.69, 9.17) is 21.1 Å². The highest BCUT2D eigenvalue weighted by atomic mass is 35.5. The number of methoxy groups -OCH3 is 1. The zero-order valence-electron chi connectivity index (χ0n) is 19.6. The van der Waals surface area contributed by atoms with E-state index in [1.54, 1.807) is 67.7 Å². The largest absolute Gasteiger partial charge is 0.507 e. The molecule has 1 aliphatic rings. The summed E-state index contributed by atoms with van der Waals surface area (Å²) < 4.78 is 10.1. The lowest BCUT2D eigenvalue weighted by molar-refractivity contribution is -0.142. The third-order valence-electron chi connectivity index (χ3n) is 5.71. The minimum atomic E-state index is -0.983. The normalized spacial score (nSPS) is 16.8. The minimum Gasteiger partial charge on any atom is -0.507 e. The van der Waals surface area contributed by atoms with Gasteiger partial charge in [0, 0.05) is 17.4 Å². The zero-order chi connectivity index (χ0) is 25.8. The number of ether oxygens (including phenoxy) is 2. The molecule has 1 N–H and O–H groups in total. The molecule has 2 heterocycles. The fraction of sp³-hybridized carbons (Fsp3) is 0.185. The molecule has 2 aromatic carbocycles. The van der Waals surface area contributed by atoms with Gasteiger partial charge in [-0.1, -0.05) is 29.8 Å². The molecule has 1 atom stereocenters. The summed E-state index contributed by atoms with van der Waals surface area (Å²) in [5.74, 6) is -2.01. The third kappa shape index (κ3) is 4.81. The Bertz CT molecular complexity index is 1340. The Balaban J connectivity index is 1.80. The highest BCUT2D eigenvalue weighted by Gasteiger charge is 2.47. The number of aliphatic hydroxyl groups is 1.